The molecule has 4 aromatic rings. The van der Waals surface area contributed by atoms with Crippen LogP contribution < -0.4 is 5.32 Å². The molecule has 0 spiro atoms. The minimum atomic E-state index is -0.860. The lowest BCUT2D eigenvalue weighted by atomic mass is 9.86. The van der Waals surface area contributed by atoms with Crippen molar-refractivity contribution in [1.29, 1.82) is 0 Å². The van der Waals surface area contributed by atoms with Crippen molar-refractivity contribution in [3.8, 4) is 22.6 Å². The zero-order chi connectivity index (χ0) is 27.5. The van der Waals surface area contributed by atoms with Gasteiger partial charge in [-0.2, -0.15) is 0 Å². The largest absolute Gasteiger partial charge is 0.481 e. The summed E-state index contributed by atoms with van der Waals surface area (Å²) in [6, 6.07) is 29.6. The number of aryl methyl sites for hydroxylation is 1. The van der Waals surface area contributed by atoms with Gasteiger partial charge in [-0.25, -0.2) is 4.98 Å². The second-order valence-electron chi connectivity index (χ2n) is 9.38. The highest BCUT2D eigenvalue weighted by atomic mass is 35.5. The zero-order valence-electron chi connectivity index (χ0n) is 22.5. The normalized spacial score (nSPS) is 15.1. The molecule has 0 radical (unpaired) electrons. The van der Waals surface area contributed by atoms with Crippen LogP contribution >= 0.6 is 12.4 Å². The first kappa shape index (κ1) is 30.6. The van der Waals surface area contributed by atoms with E-state index in [-0.39, 0.29) is 43.2 Å². The zero-order valence-corrected chi connectivity index (χ0v) is 23.3. The number of nitrogens with one attached hydrogen (secondary N) is 1. The van der Waals surface area contributed by atoms with E-state index < -0.39 is 5.97 Å². The van der Waals surface area contributed by atoms with Crippen LogP contribution in [0.3, 0.4) is 0 Å². The van der Waals surface area contributed by atoms with Crippen LogP contribution in [0.1, 0.15) is 43.1 Å². The summed E-state index contributed by atoms with van der Waals surface area (Å²) in [7, 11) is 1.46. The van der Waals surface area contributed by atoms with E-state index >= 15 is 0 Å². The number of carboxylic acids is 1. The summed E-state index contributed by atoms with van der Waals surface area (Å²) >= 11 is 0. The molecule has 0 saturated carbocycles. The summed E-state index contributed by atoms with van der Waals surface area (Å²) in [6.07, 6.45) is 3.69. The van der Waals surface area contributed by atoms with E-state index in [0.29, 0.717) is 11.7 Å². The van der Waals surface area contributed by atoms with Gasteiger partial charge in [0.2, 0.25) is 0 Å². The van der Waals surface area contributed by atoms with E-state index in [4.69, 9.17) is 14.3 Å². The van der Waals surface area contributed by atoms with Gasteiger partial charge in [0.15, 0.2) is 11.7 Å². The number of esters is 1. The van der Waals surface area contributed by atoms with Gasteiger partial charge in [0.1, 0.15) is 5.69 Å². The second kappa shape index (κ2) is 15.6. The van der Waals surface area contributed by atoms with Gasteiger partial charge in [0, 0.05) is 23.6 Å². The molecule has 1 aromatic heterocycles. The van der Waals surface area contributed by atoms with Crippen LogP contribution in [0.25, 0.3) is 22.6 Å². The molecule has 2 heterocycles. The SMILES string of the molecule is COC(=O)C(c1ccccc1)C1CCCCN1.Cl.O=C(O)CCc1nc(-c2ccccc2)c(-c2ccccc2)o1. The highest BCUT2D eigenvalue weighted by Crippen LogP contribution is 2.33. The average molecular weight is 563 g/mol. The molecule has 0 bridgehead atoms. The molecule has 2 N–H and O–H groups in total. The Labute approximate surface area is 241 Å². The molecule has 0 aliphatic carbocycles. The fourth-order valence-electron chi connectivity index (χ4n) is 4.75. The number of aromatic nitrogens is 1. The third kappa shape index (κ3) is 8.28. The minimum absolute atomic E-state index is 0. The van der Waals surface area contributed by atoms with E-state index in [1.807, 2.05) is 91.0 Å². The molecule has 1 fully saturated rings. The van der Waals surface area contributed by atoms with Crippen molar-refractivity contribution in [3.63, 3.8) is 0 Å². The van der Waals surface area contributed by atoms with Gasteiger partial charge in [0.05, 0.1) is 19.4 Å². The van der Waals surface area contributed by atoms with Crippen LogP contribution in [0.4, 0.5) is 0 Å². The highest BCUT2D eigenvalue weighted by Gasteiger charge is 2.31. The lowest BCUT2D eigenvalue weighted by molar-refractivity contribution is -0.143. The summed E-state index contributed by atoms with van der Waals surface area (Å²) in [4.78, 5) is 27.2. The number of carbonyl (C=O) groups is 2. The Morgan fingerprint density at radius 2 is 1.55 bits per heavy atom. The van der Waals surface area contributed by atoms with Crippen molar-refractivity contribution < 1.29 is 23.8 Å². The number of hydrogen-bond acceptors (Lipinski definition) is 6. The molecule has 210 valence electrons. The first-order valence-electron chi connectivity index (χ1n) is 13.3. The second-order valence-corrected chi connectivity index (χ2v) is 9.38. The van der Waals surface area contributed by atoms with Crippen molar-refractivity contribution in [2.75, 3.05) is 13.7 Å². The lowest BCUT2D eigenvalue weighted by Gasteiger charge is -2.29. The fourth-order valence-corrected chi connectivity index (χ4v) is 4.75. The quantitative estimate of drug-likeness (QED) is 0.235. The molecular formula is C32H35ClN2O5. The highest BCUT2D eigenvalue weighted by molar-refractivity contribution is 5.85. The van der Waals surface area contributed by atoms with Crippen LogP contribution in [0.15, 0.2) is 95.4 Å². The molecule has 1 saturated heterocycles. The topological polar surface area (TPSA) is 102 Å². The number of halogens is 1. The summed E-state index contributed by atoms with van der Waals surface area (Å²) < 4.78 is 10.8. The van der Waals surface area contributed by atoms with Crippen molar-refractivity contribution in [2.24, 2.45) is 0 Å². The molecule has 2 atom stereocenters. The Bertz CT molecular complexity index is 1270. The van der Waals surface area contributed by atoms with Gasteiger partial charge in [-0.15, -0.1) is 12.4 Å². The average Bonchev–Trinajstić information content (AvgIpc) is 3.43. The number of piperidine rings is 1. The molecule has 0 amide bonds. The van der Waals surface area contributed by atoms with Gasteiger partial charge in [-0.1, -0.05) is 97.4 Å². The summed E-state index contributed by atoms with van der Waals surface area (Å²) in [5, 5.41) is 12.2. The van der Waals surface area contributed by atoms with Crippen molar-refractivity contribution in [1.82, 2.24) is 10.3 Å². The van der Waals surface area contributed by atoms with Crippen LogP contribution in [0.5, 0.6) is 0 Å². The maximum Gasteiger partial charge on any atom is 0.314 e. The molecular weight excluding hydrogens is 528 g/mol. The van der Waals surface area contributed by atoms with E-state index in [1.54, 1.807) is 0 Å². The number of aliphatic carboxylic acids is 1. The molecule has 5 rings (SSSR count). The van der Waals surface area contributed by atoms with Crippen LogP contribution in [-0.2, 0) is 20.7 Å². The van der Waals surface area contributed by atoms with Crippen LogP contribution in [0, 0.1) is 0 Å². The Morgan fingerprint density at radius 1 is 0.950 bits per heavy atom. The van der Waals surface area contributed by atoms with E-state index in [2.05, 4.69) is 10.3 Å². The van der Waals surface area contributed by atoms with Crippen LogP contribution in [0.2, 0.25) is 0 Å². The van der Waals surface area contributed by atoms with Gasteiger partial charge in [-0.3, -0.25) is 9.59 Å². The summed E-state index contributed by atoms with van der Waals surface area (Å²) in [6.45, 7) is 0.991. The van der Waals surface area contributed by atoms with Gasteiger partial charge in [0.25, 0.3) is 0 Å². The maximum absolute atomic E-state index is 11.9. The Kier molecular flexibility index (Phi) is 11.9. The predicted octanol–water partition coefficient (Wildman–Crippen LogP) is 6.53. The monoisotopic (exact) mass is 562 g/mol. The lowest BCUT2D eigenvalue weighted by Crippen LogP contribution is -2.42. The van der Waals surface area contributed by atoms with E-state index in [1.165, 1.54) is 20.0 Å². The number of carboxylic acid groups (broad SMARTS) is 1. The van der Waals surface area contributed by atoms with Gasteiger partial charge >= 0.3 is 11.9 Å². The molecule has 2 unspecified atom stereocenters. The maximum atomic E-state index is 11.9. The number of carbonyl (C=O) groups excluding carboxylic acids is 1. The number of benzene rings is 3. The smallest absolute Gasteiger partial charge is 0.314 e. The predicted molar refractivity (Wildman–Crippen MR) is 157 cm³/mol. The standard InChI is InChI=1S/C18H15NO3.C14H19NO2.ClH/c20-16(21)12-11-15-19-17(13-7-3-1-4-8-13)18(22-15)14-9-5-2-6-10-14;1-17-14(16)13(11-7-3-2-4-8-11)12-9-5-6-10-15-12;/h1-10H,11-12H2,(H,20,21);2-4,7-8,12-13,15H,5-6,9-10H2,1H3;1H. The molecule has 1 aliphatic heterocycles. The molecule has 7 nitrogen and oxygen atoms in total. The fraction of sp³-hybridized carbons (Fsp3) is 0.281. The minimum Gasteiger partial charge on any atom is -0.481 e. The number of rotatable bonds is 8. The third-order valence-corrected chi connectivity index (χ3v) is 6.67. The molecule has 40 heavy (non-hydrogen) atoms. The van der Waals surface area contributed by atoms with E-state index in [9.17, 15) is 9.59 Å². The van der Waals surface area contributed by atoms with Gasteiger partial charge in [-0.05, 0) is 24.9 Å². The first-order chi connectivity index (χ1) is 19.1. The van der Waals surface area contributed by atoms with E-state index in [0.717, 1.165) is 35.3 Å². The third-order valence-electron chi connectivity index (χ3n) is 6.67. The number of methoxy groups -OCH3 is 1. The molecule has 3 aromatic carbocycles. The number of ether oxygens (including phenoxy) is 1. The summed E-state index contributed by atoms with van der Waals surface area (Å²) in [5.41, 5.74) is 3.66. The van der Waals surface area contributed by atoms with Crippen molar-refractivity contribution >= 4 is 24.3 Å². The Hall–Kier alpha value is -3.94. The van der Waals surface area contributed by atoms with Gasteiger partial charge < -0.3 is 19.6 Å². The number of nitrogens with zero attached hydrogens (tertiary/aromatic N) is 1. The number of hydrogen-bond donors (Lipinski definition) is 2. The molecule has 8 heteroatoms. The summed E-state index contributed by atoms with van der Waals surface area (Å²) in [5.74, 6) is -0.0647. The van der Waals surface area contributed by atoms with Crippen molar-refractivity contribution in [2.45, 2.75) is 44.1 Å². The first-order valence-corrected chi connectivity index (χ1v) is 13.3. The molecule has 1 aliphatic rings. The Morgan fingerprint density at radius 3 is 2.10 bits per heavy atom. The Balaban J connectivity index is 0.000000222. The van der Waals surface area contributed by atoms with Crippen LogP contribution in [-0.4, -0.2) is 41.7 Å². The number of oxazole rings is 1. The van der Waals surface area contributed by atoms with Crippen molar-refractivity contribution in [3.05, 3.63) is 102 Å².